The number of ether oxygens (including phenoxy) is 1. The predicted octanol–water partition coefficient (Wildman–Crippen LogP) is 1.80. The second-order valence-electron chi connectivity index (χ2n) is 3.65. The van der Waals surface area contributed by atoms with Crippen molar-refractivity contribution in [2.75, 3.05) is 7.11 Å². The molecule has 0 bridgehead atoms. The Morgan fingerprint density at radius 2 is 2.33 bits per heavy atom. The highest BCUT2D eigenvalue weighted by Crippen LogP contribution is 2.49. The molecule has 0 amide bonds. The highest BCUT2D eigenvalue weighted by Gasteiger charge is 2.54. The summed E-state index contributed by atoms with van der Waals surface area (Å²) in [6.07, 6.45) is 1.65. The Morgan fingerprint density at radius 3 is 2.80 bits per heavy atom. The lowest BCUT2D eigenvalue weighted by molar-refractivity contribution is 0.397. The van der Waals surface area contributed by atoms with Crippen LogP contribution in [0.3, 0.4) is 0 Å². The molecule has 0 spiro atoms. The van der Waals surface area contributed by atoms with E-state index in [1.54, 1.807) is 5.38 Å². The van der Waals surface area contributed by atoms with Crippen molar-refractivity contribution < 1.29 is 13.2 Å². The standard InChI is InChI=1S/C8H10ClNO3S2/c1-13-7-6(5-14-10-7)4-8(2-3-8)15(9,11)12/h5H,2-4H2,1H3. The van der Waals surface area contributed by atoms with E-state index >= 15 is 0 Å². The van der Waals surface area contributed by atoms with Crippen molar-refractivity contribution in [3.63, 3.8) is 0 Å². The van der Waals surface area contributed by atoms with Crippen LogP contribution in [-0.4, -0.2) is 24.6 Å². The molecule has 1 aliphatic rings. The summed E-state index contributed by atoms with van der Waals surface area (Å²) in [6.45, 7) is 0. The van der Waals surface area contributed by atoms with Crippen LogP contribution in [0, 0.1) is 0 Å². The van der Waals surface area contributed by atoms with E-state index in [-0.39, 0.29) is 0 Å². The molecule has 1 aromatic rings. The van der Waals surface area contributed by atoms with Gasteiger partial charge >= 0.3 is 0 Å². The van der Waals surface area contributed by atoms with Crippen molar-refractivity contribution in [3.05, 3.63) is 10.9 Å². The van der Waals surface area contributed by atoms with Gasteiger partial charge in [0.1, 0.15) is 0 Å². The third-order valence-electron chi connectivity index (χ3n) is 2.64. The van der Waals surface area contributed by atoms with Gasteiger partial charge in [0.2, 0.25) is 14.9 Å². The van der Waals surface area contributed by atoms with Crippen LogP contribution in [0.5, 0.6) is 5.88 Å². The Hall–Kier alpha value is -0.330. The summed E-state index contributed by atoms with van der Waals surface area (Å²) in [7, 11) is 3.44. The highest BCUT2D eigenvalue weighted by atomic mass is 35.7. The average Bonchev–Trinajstić information content (AvgIpc) is 2.78. The number of methoxy groups -OCH3 is 1. The van der Waals surface area contributed by atoms with E-state index in [9.17, 15) is 8.42 Å². The van der Waals surface area contributed by atoms with Crippen molar-refractivity contribution in [1.82, 2.24) is 4.37 Å². The topological polar surface area (TPSA) is 56.3 Å². The SMILES string of the molecule is COc1nscc1CC1(S(=O)(=O)Cl)CC1. The fraction of sp³-hybridized carbons (Fsp3) is 0.625. The zero-order valence-electron chi connectivity index (χ0n) is 8.07. The largest absolute Gasteiger partial charge is 0.480 e. The summed E-state index contributed by atoms with van der Waals surface area (Å²) >= 11 is 1.26. The minimum Gasteiger partial charge on any atom is -0.480 e. The molecule has 0 atom stereocenters. The summed E-state index contributed by atoms with van der Waals surface area (Å²) in [4.78, 5) is 0. The minimum absolute atomic E-state index is 0.401. The number of nitrogens with zero attached hydrogens (tertiary/aromatic N) is 1. The Balaban J connectivity index is 2.23. The highest BCUT2D eigenvalue weighted by molar-refractivity contribution is 8.15. The molecule has 2 rings (SSSR count). The monoisotopic (exact) mass is 267 g/mol. The van der Waals surface area contributed by atoms with Crippen LogP contribution in [0.15, 0.2) is 5.38 Å². The van der Waals surface area contributed by atoms with Crippen molar-refractivity contribution in [2.24, 2.45) is 0 Å². The number of rotatable bonds is 4. The van der Waals surface area contributed by atoms with Crippen molar-refractivity contribution in [3.8, 4) is 5.88 Å². The molecule has 0 N–H and O–H groups in total. The van der Waals surface area contributed by atoms with Gasteiger partial charge in [0.25, 0.3) is 0 Å². The second kappa shape index (κ2) is 3.61. The maximum atomic E-state index is 11.3. The molecule has 0 aromatic carbocycles. The summed E-state index contributed by atoms with van der Waals surface area (Å²) in [5.41, 5.74) is 0.823. The van der Waals surface area contributed by atoms with Gasteiger partial charge in [-0.15, -0.1) is 0 Å². The summed E-state index contributed by atoms with van der Waals surface area (Å²) in [5.74, 6) is 0.506. The normalized spacial score (nSPS) is 18.8. The van der Waals surface area contributed by atoms with Gasteiger partial charge in [-0.2, -0.15) is 4.37 Å². The third-order valence-corrected chi connectivity index (χ3v) is 5.87. The van der Waals surface area contributed by atoms with Crippen LogP contribution >= 0.6 is 22.2 Å². The first-order valence-corrected chi connectivity index (χ1v) is 7.54. The van der Waals surface area contributed by atoms with Crippen LogP contribution in [0.1, 0.15) is 18.4 Å². The fourth-order valence-electron chi connectivity index (χ4n) is 1.53. The molecule has 0 radical (unpaired) electrons. The van der Waals surface area contributed by atoms with E-state index in [1.165, 1.54) is 18.6 Å². The minimum atomic E-state index is -3.50. The van der Waals surface area contributed by atoms with Crippen molar-refractivity contribution in [1.29, 1.82) is 0 Å². The molecular weight excluding hydrogens is 258 g/mol. The van der Waals surface area contributed by atoms with Crippen LogP contribution in [-0.2, 0) is 15.5 Å². The Morgan fingerprint density at radius 1 is 1.67 bits per heavy atom. The molecular formula is C8H10ClNO3S2. The van der Waals surface area contributed by atoms with Gasteiger partial charge in [-0.1, -0.05) is 0 Å². The van der Waals surface area contributed by atoms with Gasteiger partial charge in [0, 0.05) is 21.6 Å². The van der Waals surface area contributed by atoms with E-state index in [0.717, 1.165) is 5.56 Å². The van der Waals surface area contributed by atoms with Crippen LogP contribution in [0.25, 0.3) is 0 Å². The third kappa shape index (κ3) is 1.98. The summed E-state index contributed by atoms with van der Waals surface area (Å²) < 4.78 is 31.0. The van der Waals surface area contributed by atoms with Crippen LogP contribution in [0.2, 0.25) is 0 Å². The molecule has 1 fully saturated rings. The van der Waals surface area contributed by atoms with E-state index in [1.807, 2.05) is 0 Å². The Labute approximate surface area is 96.8 Å². The van der Waals surface area contributed by atoms with Crippen molar-refractivity contribution >= 4 is 31.3 Å². The number of aromatic nitrogens is 1. The molecule has 0 saturated heterocycles. The van der Waals surface area contributed by atoms with Gasteiger partial charge in [-0.05, 0) is 30.8 Å². The quantitative estimate of drug-likeness (QED) is 0.781. The smallest absolute Gasteiger partial charge is 0.238 e. The first-order chi connectivity index (χ1) is 6.98. The zero-order chi connectivity index (χ0) is 11.1. The van der Waals surface area contributed by atoms with E-state index < -0.39 is 13.8 Å². The fourth-order valence-corrected chi connectivity index (χ4v) is 3.72. The Bertz CT molecular complexity index is 464. The van der Waals surface area contributed by atoms with Gasteiger partial charge in [-0.3, -0.25) is 0 Å². The number of halogens is 1. The lowest BCUT2D eigenvalue weighted by Crippen LogP contribution is -2.20. The van der Waals surface area contributed by atoms with Gasteiger partial charge in [-0.25, -0.2) is 8.42 Å². The van der Waals surface area contributed by atoms with E-state index in [4.69, 9.17) is 15.4 Å². The zero-order valence-corrected chi connectivity index (χ0v) is 10.5. The molecule has 84 valence electrons. The van der Waals surface area contributed by atoms with Gasteiger partial charge < -0.3 is 4.74 Å². The molecule has 0 aliphatic heterocycles. The number of hydrogen-bond donors (Lipinski definition) is 0. The van der Waals surface area contributed by atoms with Gasteiger partial charge in [0.05, 0.1) is 11.9 Å². The van der Waals surface area contributed by atoms with Crippen molar-refractivity contribution in [2.45, 2.75) is 24.0 Å². The average molecular weight is 268 g/mol. The maximum Gasteiger partial charge on any atom is 0.238 e. The summed E-state index contributed by atoms with van der Waals surface area (Å²) in [6, 6.07) is 0. The van der Waals surface area contributed by atoms with E-state index in [0.29, 0.717) is 25.1 Å². The Kier molecular flexibility index (Phi) is 2.68. The first kappa shape index (κ1) is 11.2. The lowest BCUT2D eigenvalue weighted by Gasteiger charge is -2.10. The molecule has 1 aliphatic carbocycles. The van der Waals surface area contributed by atoms with E-state index in [2.05, 4.69) is 4.37 Å². The number of hydrogen-bond acceptors (Lipinski definition) is 5. The molecule has 1 saturated carbocycles. The molecule has 4 nitrogen and oxygen atoms in total. The second-order valence-corrected chi connectivity index (χ2v) is 7.24. The lowest BCUT2D eigenvalue weighted by atomic mass is 10.2. The first-order valence-electron chi connectivity index (χ1n) is 4.40. The van der Waals surface area contributed by atoms with Gasteiger partial charge in [0.15, 0.2) is 0 Å². The molecule has 7 heteroatoms. The maximum absolute atomic E-state index is 11.3. The molecule has 15 heavy (non-hydrogen) atoms. The van der Waals surface area contributed by atoms with Crippen LogP contribution in [0.4, 0.5) is 0 Å². The summed E-state index contributed by atoms with van der Waals surface area (Å²) in [5, 5.41) is 1.81. The molecule has 0 unspecified atom stereocenters. The predicted molar refractivity (Wildman–Crippen MR) is 59.1 cm³/mol. The molecule has 1 aromatic heterocycles. The van der Waals surface area contributed by atoms with Crippen LogP contribution < -0.4 is 4.74 Å². The molecule has 1 heterocycles.